The average Bonchev–Trinajstić information content (AvgIpc) is 3.01. The Bertz CT molecular complexity index is 400. The third-order valence-corrected chi connectivity index (χ3v) is 5.41. The molecule has 1 aliphatic rings. The topological polar surface area (TPSA) is 43.8 Å². The van der Waals surface area contributed by atoms with Crippen molar-refractivity contribution in [1.82, 2.24) is 9.78 Å². The molecule has 0 bridgehead atoms. The largest absolute Gasteiger partial charge is 0.330 e. The molecule has 0 saturated heterocycles. The van der Waals surface area contributed by atoms with Gasteiger partial charge in [0.25, 0.3) is 0 Å². The minimum absolute atomic E-state index is 0.252. The molecule has 0 spiro atoms. The Hall–Kier alpha value is -0.830. The molecule has 1 aromatic rings. The Kier molecular flexibility index (Phi) is 6.28. The van der Waals surface area contributed by atoms with Crippen molar-refractivity contribution in [2.75, 3.05) is 6.54 Å². The van der Waals surface area contributed by atoms with Gasteiger partial charge in [0.1, 0.15) is 0 Å². The molecule has 120 valence electrons. The monoisotopic (exact) mass is 291 g/mol. The fourth-order valence-corrected chi connectivity index (χ4v) is 3.67. The lowest BCUT2D eigenvalue weighted by atomic mass is 9.76. The van der Waals surface area contributed by atoms with Gasteiger partial charge < -0.3 is 5.73 Å². The van der Waals surface area contributed by atoms with Crippen molar-refractivity contribution < 1.29 is 0 Å². The minimum atomic E-state index is 0.252. The van der Waals surface area contributed by atoms with Crippen molar-refractivity contribution in [3.63, 3.8) is 0 Å². The molecule has 0 aliphatic heterocycles. The first-order chi connectivity index (χ1) is 10.2. The number of hydrogen-bond acceptors (Lipinski definition) is 2. The number of aromatic nitrogens is 2. The van der Waals surface area contributed by atoms with Gasteiger partial charge in [-0.2, -0.15) is 5.10 Å². The Labute approximate surface area is 130 Å². The molecule has 2 N–H and O–H groups in total. The van der Waals surface area contributed by atoms with E-state index < -0.39 is 0 Å². The molecule has 1 heterocycles. The third-order valence-electron chi connectivity index (χ3n) is 5.41. The molecule has 0 amide bonds. The van der Waals surface area contributed by atoms with Crippen LogP contribution in [0.2, 0.25) is 0 Å². The van der Waals surface area contributed by atoms with Crippen LogP contribution in [0, 0.1) is 5.41 Å². The SMILES string of the molecule is CCCCC(CC)(CN)Cc1ccn(C2CCCCC2)n1. The van der Waals surface area contributed by atoms with Gasteiger partial charge in [-0.25, -0.2) is 0 Å². The van der Waals surface area contributed by atoms with E-state index in [1.807, 2.05) is 0 Å². The Morgan fingerprint density at radius 2 is 2.05 bits per heavy atom. The second-order valence-corrected chi connectivity index (χ2v) is 6.92. The van der Waals surface area contributed by atoms with Gasteiger partial charge in [0.15, 0.2) is 0 Å². The van der Waals surface area contributed by atoms with Crippen LogP contribution in [0.1, 0.15) is 83.4 Å². The van der Waals surface area contributed by atoms with Gasteiger partial charge in [-0.05, 0) is 50.1 Å². The highest BCUT2D eigenvalue weighted by Crippen LogP contribution is 2.32. The van der Waals surface area contributed by atoms with Crippen molar-refractivity contribution >= 4 is 0 Å². The second kappa shape index (κ2) is 7.98. The summed E-state index contributed by atoms with van der Waals surface area (Å²) in [6.07, 6.45) is 14.9. The Morgan fingerprint density at radius 1 is 1.29 bits per heavy atom. The van der Waals surface area contributed by atoms with Crippen LogP contribution in [0.25, 0.3) is 0 Å². The van der Waals surface area contributed by atoms with E-state index in [0.29, 0.717) is 6.04 Å². The highest BCUT2D eigenvalue weighted by Gasteiger charge is 2.27. The fraction of sp³-hybridized carbons (Fsp3) is 0.833. The number of hydrogen-bond donors (Lipinski definition) is 1. The molecule has 1 unspecified atom stereocenters. The summed E-state index contributed by atoms with van der Waals surface area (Å²) < 4.78 is 2.23. The highest BCUT2D eigenvalue weighted by atomic mass is 15.3. The molecule has 1 saturated carbocycles. The minimum Gasteiger partial charge on any atom is -0.330 e. The molecule has 21 heavy (non-hydrogen) atoms. The maximum Gasteiger partial charge on any atom is 0.0630 e. The number of unbranched alkanes of at least 4 members (excludes halogenated alkanes) is 1. The van der Waals surface area contributed by atoms with E-state index in [4.69, 9.17) is 10.8 Å². The zero-order valence-electron chi connectivity index (χ0n) is 14.0. The summed E-state index contributed by atoms with van der Waals surface area (Å²) in [6.45, 7) is 5.31. The van der Waals surface area contributed by atoms with E-state index in [9.17, 15) is 0 Å². The lowest BCUT2D eigenvalue weighted by Gasteiger charge is -2.31. The van der Waals surface area contributed by atoms with Crippen LogP contribution >= 0.6 is 0 Å². The van der Waals surface area contributed by atoms with Crippen LogP contribution in [0.5, 0.6) is 0 Å². The molecule has 1 fully saturated rings. The van der Waals surface area contributed by atoms with Crippen LogP contribution in [-0.4, -0.2) is 16.3 Å². The molecule has 0 radical (unpaired) electrons. The van der Waals surface area contributed by atoms with Gasteiger partial charge in [-0.15, -0.1) is 0 Å². The number of nitrogens with two attached hydrogens (primary N) is 1. The number of nitrogens with zero attached hydrogens (tertiary/aromatic N) is 2. The van der Waals surface area contributed by atoms with Gasteiger partial charge in [0.2, 0.25) is 0 Å². The second-order valence-electron chi connectivity index (χ2n) is 6.92. The first kappa shape index (κ1) is 16.5. The van der Waals surface area contributed by atoms with E-state index >= 15 is 0 Å². The lowest BCUT2D eigenvalue weighted by Crippen LogP contribution is -2.32. The van der Waals surface area contributed by atoms with Crippen molar-refractivity contribution in [3.05, 3.63) is 18.0 Å². The third kappa shape index (κ3) is 4.32. The standard InChI is InChI=1S/C18H33N3/c1-3-5-12-18(4-2,15-19)14-16-11-13-21(20-16)17-9-7-6-8-10-17/h11,13,17H,3-10,12,14-15,19H2,1-2H3. The highest BCUT2D eigenvalue weighted by molar-refractivity contribution is 5.04. The van der Waals surface area contributed by atoms with Crippen molar-refractivity contribution in [1.29, 1.82) is 0 Å². The zero-order chi connectivity index (χ0) is 15.1. The summed E-state index contributed by atoms with van der Waals surface area (Å²) in [6, 6.07) is 2.86. The Balaban J connectivity index is 2.01. The van der Waals surface area contributed by atoms with Crippen LogP contribution < -0.4 is 5.73 Å². The van der Waals surface area contributed by atoms with Gasteiger partial charge >= 0.3 is 0 Å². The summed E-state index contributed by atoms with van der Waals surface area (Å²) in [5.41, 5.74) is 7.61. The maximum absolute atomic E-state index is 6.12. The first-order valence-corrected chi connectivity index (χ1v) is 8.97. The van der Waals surface area contributed by atoms with Crippen molar-refractivity contribution in [2.24, 2.45) is 11.1 Å². The summed E-state index contributed by atoms with van der Waals surface area (Å²) in [7, 11) is 0. The maximum atomic E-state index is 6.12. The molecule has 1 aliphatic carbocycles. The van der Waals surface area contributed by atoms with Gasteiger partial charge in [0.05, 0.1) is 11.7 Å². The summed E-state index contributed by atoms with van der Waals surface area (Å²) >= 11 is 0. The first-order valence-electron chi connectivity index (χ1n) is 8.97. The van der Waals surface area contributed by atoms with Gasteiger partial charge in [0, 0.05) is 6.20 Å². The van der Waals surface area contributed by atoms with Crippen LogP contribution in [0.15, 0.2) is 12.3 Å². The molecule has 1 atom stereocenters. The molecule has 2 rings (SSSR count). The quantitative estimate of drug-likeness (QED) is 0.767. The van der Waals surface area contributed by atoms with Crippen LogP contribution in [0.3, 0.4) is 0 Å². The van der Waals surface area contributed by atoms with Gasteiger partial charge in [-0.3, -0.25) is 4.68 Å². The molecular formula is C18H33N3. The molecule has 3 nitrogen and oxygen atoms in total. The normalized spacial score (nSPS) is 19.6. The van der Waals surface area contributed by atoms with E-state index in [1.165, 1.54) is 57.1 Å². The van der Waals surface area contributed by atoms with E-state index in [2.05, 4.69) is 30.8 Å². The van der Waals surface area contributed by atoms with Gasteiger partial charge in [-0.1, -0.05) is 46.0 Å². The van der Waals surface area contributed by atoms with Crippen molar-refractivity contribution in [2.45, 2.75) is 84.1 Å². The van der Waals surface area contributed by atoms with E-state index in [-0.39, 0.29) is 5.41 Å². The summed E-state index contributed by atoms with van der Waals surface area (Å²) in [5, 5.41) is 4.88. The molecule has 1 aromatic heterocycles. The predicted molar refractivity (Wildman–Crippen MR) is 89.4 cm³/mol. The lowest BCUT2D eigenvalue weighted by molar-refractivity contribution is 0.246. The average molecular weight is 291 g/mol. The van der Waals surface area contributed by atoms with E-state index in [0.717, 1.165) is 19.4 Å². The number of rotatable bonds is 8. The molecular weight excluding hydrogens is 258 g/mol. The summed E-state index contributed by atoms with van der Waals surface area (Å²) in [4.78, 5) is 0. The smallest absolute Gasteiger partial charge is 0.0630 e. The van der Waals surface area contributed by atoms with Crippen molar-refractivity contribution in [3.8, 4) is 0 Å². The zero-order valence-corrected chi connectivity index (χ0v) is 14.0. The molecule has 0 aromatic carbocycles. The summed E-state index contributed by atoms with van der Waals surface area (Å²) in [5.74, 6) is 0. The fourth-order valence-electron chi connectivity index (χ4n) is 3.67. The van der Waals surface area contributed by atoms with E-state index in [1.54, 1.807) is 0 Å². The molecule has 3 heteroatoms. The predicted octanol–water partition coefficient (Wildman–Crippen LogP) is 4.48. The van der Waals surface area contributed by atoms with Crippen LogP contribution in [0.4, 0.5) is 0 Å². The van der Waals surface area contributed by atoms with Crippen LogP contribution in [-0.2, 0) is 6.42 Å². The Morgan fingerprint density at radius 3 is 2.67 bits per heavy atom.